The van der Waals surface area contributed by atoms with E-state index in [9.17, 15) is 22.8 Å². The van der Waals surface area contributed by atoms with Gasteiger partial charge in [0, 0.05) is 18.7 Å². The summed E-state index contributed by atoms with van der Waals surface area (Å²) in [5, 5.41) is 20.3. The SMILES string of the molecule is O=C(O)c1cc(C(F)(F)F)ccc1C(=O)Nc1cccc(CCO)n1. The minimum atomic E-state index is -4.72. The van der Waals surface area contributed by atoms with Gasteiger partial charge in [0.25, 0.3) is 5.91 Å². The van der Waals surface area contributed by atoms with E-state index in [1.807, 2.05) is 0 Å². The lowest BCUT2D eigenvalue weighted by molar-refractivity contribution is -0.137. The molecule has 1 amide bonds. The first kappa shape index (κ1) is 18.4. The van der Waals surface area contributed by atoms with Gasteiger partial charge in [-0.2, -0.15) is 13.2 Å². The summed E-state index contributed by atoms with van der Waals surface area (Å²) in [4.78, 5) is 27.5. The van der Waals surface area contributed by atoms with E-state index >= 15 is 0 Å². The number of aromatic nitrogens is 1. The van der Waals surface area contributed by atoms with E-state index in [1.165, 1.54) is 6.07 Å². The third kappa shape index (κ3) is 4.54. The molecule has 25 heavy (non-hydrogen) atoms. The molecule has 0 fully saturated rings. The lowest BCUT2D eigenvalue weighted by Gasteiger charge is -2.11. The van der Waals surface area contributed by atoms with Crippen molar-refractivity contribution < 1.29 is 33.0 Å². The first-order valence-electron chi connectivity index (χ1n) is 7.05. The normalized spacial score (nSPS) is 11.2. The maximum absolute atomic E-state index is 12.7. The Balaban J connectivity index is 2.32. The third-order valence-corrected chi connectivity index (χ3v) is 3.24. The van der Waals surface area contributed by atoms with Gasteiger partial charge in [0.1, 0.15) is 5.82 Å². The molecule has 9 heteroatoms. The number of hydrogen-bond acceptors (Lipinski definition) is 4. The highest BCUT2D eigenvalue weighted by Crippen LogP contribution is 2.30. The van der Waals surface area contributed by atoms with Gasteiger partial charge in [0.2, 0.25) is 0 Å². The van der Waals surface area contributed by atoms with Crippen LogP contribution in [0.1, 0.15) is 32.0 Å². The molecule has 1 aromatic heterocycles. The fourth-order valence-corrected chi connectivity index (χ4v) is 2.08. The van der Waals surface area contributed by atoms with Crippen LogP contribution in [0.2, 0.25) is 0 Å². The second-order valence-corrected chi connectivity index (χ2v) is 5.01. The van der Waals surface area contributed by atoms with Crippen LogP contribution in [0, 0.1) is 0 Å². The largest absolute Gasteiger partial charge is 0.478 e. The van der Waals surface area contributed by atoms with Crippen LogP contribution in [0.4, 0.5) is 19.0 Å². The third-order valence-electron chi connectivity index (χ3n) is 3.24. The Hall–Kier alpha value is -2.94. The van der Waals surface area contributed by atoms with Crippen molar-refractivity contribution in [1.82, 2.24) is 4.98 Å². The zero-order valence-corrected chi connectivity index (χ0v) is 12.7. The average Bonchev–Trinajstić information content (AvgIpc) is 2.54. The topological polar surface area (TPSA) is 99.5 Å². The van der Waals surface area contributed by atoms with Crippen molar-refractivity contribution in [1.29, 1.82) is 0 Å². The number of carbonyl (C=O) groups excluding carboxylic acids is 1. The van der Waals surface area contributed by atoms with Crippen LogP contribution in [-0.4, -0.2) is 33.7 Å². The van der Waals surface area contributed by atoms with Gasteiger partial charge in [0.15, 0.2) is 0 Å². The quantitative estimate of drug-likeness (QED) is 0.766. The Bertz CT molecular complexity index is 806. The molecule has 2 rings (SSSR count). The van der Waals surface area contributed by atoms with Crippen LogP contribution in [0.5, 0.6) is 0 Å². The van der Waals surface area contributed by atoms with Gasteiger partial charge < -0.3 is 15.5 Å². The molecule has 1 aromatic carbocycles. The predicted molar refractivity (Wildman–Crippen MR) is 81.4 cm³/mol. The molecular formula is C16H13F3N2O4. The number of halogens is 3. The highest BCUT2D eigenvalue weighted by Gasteiger charge is 2.32. The van der Waals surface area contributed by atoms with Crippen LogP contribution < -0.4 is 5.32 Å². The molecule has 0 aliphatic carbocycles. The summed E-state index contributed by atoms with van der Waals surface area (Å²) in [6, 6.07) is 6.47. The standard InChI is InChI=1S/C16H13F3N2O4/c17-16(18,19)9-4-5-11(12(8-9)15(24)25)14(23)21-13-3-1-2-10(20-13)6-7-22/h1-5,8,22H,6-7H2,(H,24,25)(H,20,21,23). The minimum absolute atomic E-state index is 0.0900. The molecule has 0 spiro atoms. The molecule has 2 aromatic rings. The van der Waals surface area contributed by atoms with E-state index in [4.69, 9.17) is 10.2 Å². The highest BCUT2D eigenvalue weighted by molar-refractivity contribution is 6.10. The van der Waals surface area contributed by atoms with Crippen LogP contribution in [0.15, 0.2) is 36.4 Å². The van der Waals surface area contributed by atoms with Gasteiger partial charge in [-0.15, -0.1) is 0 Å². The van der Waals surface area contributed by atoms with Gasteiger partial charge in [0.05, 0.1) is 16.7 Å². The first-order chi connectivity index (χ1) is 11.7. The van der Waals surface area contributed by atoms with E-state index in [0.29, 0.717) is 17.8 Å². The van der Waals surface area contributed by atoms with E-state index in [1.54, 1.807) is 12.1 Å². The number of amides is 1. The maximum atomic E-state index is 12.7. The van der Waals surface area contributed by atoms with E-state index < -0.39 is 34.7 Å². The Morgan fingerprint density at radius 3 is 2.44 bits per heavy atom. The molecule has 0 aliphatic rings. The monoisotopic (exact) mass is 354 g/mol. The van der Waals surface area contributed by atoms with Gasteiger partial charge in [-0.05, 0) is 30.3 Å². The number of anilines is 1. The summed E-state index contributed by atoms with van der Waals surface area (Å²) in [6.45, 7) is -0.146. The molecule has 0 bridgehead atoms. The summed E-state index contributed by atoms with van der Waals surface area (Å²) in [7, 11) is 0. The van der Waals surface area contributed by atoms with Crippen molar-refractivity contribution in [2.24, 2.45) is 0 Å². The number of carboxylic acids is 1. The van der Waals surface area contributed by atoms with Gasteiger partial charge in [-0.25, -0.2) is 9.78 Å². The second-order valence-electron chi connectivity index (χ2n) is 5.01. The van der Waals surface area contributed by atoms with Crippen molar-refractivity contribution in [3.8, 4) is 0 Å². The average molecular weight is 354 g/mol. The molecular weight excluding hydrogens is 341 g/mol. The van der Waals surface area contributed by atoms with Gasteiger partial charge in [-0.1, -0.05) is 6.07 Å². The number of aliphatic hydroxyl groups excluding tert-OH is 1. The number of aliphatic hydroxyl groups is 1. The molecule has 0 saturated carbocycles. The number of nitrogens with one attached hydrogen (secondary N) is 1. The Labute approximate surface area is 139 Å². The number of carboxylic acid groups (broad SMARTS) is 1. The molecule has 1 heterocycles. The molecule has 132 valence electrons. The number of aromatic carboxylic acids is 1. The number of alkyl halides is 3. The minimum Gasteiger partial charge on any atom is -0.478 e. The number of nitrogens with zero attached hydrogens (tertiary/aromatic N) is 1. The zero-order valence-electron chi connectivity index (χ0n) is 12.7. The Morgan fingerprint density at radius 1 is 1.12 bits per heavy atom. The predicted octanol–water partition coefficient (Wildman–Crippen LogP) is 2.59. The van der Waals surface area contributed by atoms with E-state index in [0.717, 1.165) is 6.07 Å². The van der Waals surface area contributed by atoms with Crippen LogP contribution in [0.25, 0.3) is 0 Å². The fourth-order valence-electron chi connectivity index (χ4n) is 2.08. The number of rotatable bonds is 5. The van der Waals surface area contributed by atoms with Crippen LogP contribution >= 0.6 is 0 Å². The van der Waals surface area contributed by atoms with Crippen molar-refractivity contribution in [2.45, 2.75) is 12.6 Å². The summed E-state index contributed by atoms with van der Waals surface area (Å²) >= 11 is 0. The van der Waals surface area contributed by atoms with Crippen LogP contribution in [-0.2, 0) is 12.6 Å². The summed E-state index contributed by atoms with van der Waals surface area (Å²) < 4.78 is 38.1. The highest BCUT2D eigenvalue weighted by atomic mass is 19.4. The number of benzene rings is 1. The molecule has 0 unspecified atom stereocenters. The molecule has 0 atom stereocenters. The van der Waals surface area contributed by atoms with Crippen molar-refractivity contribution >= 4 is 17.7 Å². The van der Waals surface area contributed by atoms with Crippen molar-refractivity contribution in [3.05, 3.63) is 58.8 Å². The van der Waals surface area contributed by atoms with E-state index in [-0.39, 0.29) is 18.8 Å². The summed E-state index contributed by atoms with van der Waals surface area (Å²) in [5.41, 5.74) is -1.86. The first-order valence-corrected chi connectivity index (χ1v) is 7.05. The summed E-state index contributed by atoms with van der Waals surface area (Å²) in [5.74, 6) is -2.47. The molecule has 3 N–H and O–H groups in total. The van der Waals surface area contributed by atoms with Crippen molar-refractivity contribution in [3.63, 3.8) is 0 Å². The second kappa shape index (κ2) is 7.31. The Kier molecular flexibility index (Phi) is 5.38. The fraction of sp³-hybridized carbons (Fsp3) is 0.188. The number of pyridine rings is 1. The molecule has 6 nitrogen and oxygen atoms in total. The van der Waals surface area contributed by atoms with E-state index in [2.05, 4.69) is 10.3 Å². The van der Waals surface area contributed by atoms with Crippen LogP contribution in [0.3, 0.4) is 0 Å². The number of hydrogen-bond donors (Lipinski definition) is 3. The zero-order chi connectivity index (χ0) is 18.6. The lowest BCUT2D eigenvalue weighted by atomic mass is 10.0. The molecule has 0 radical (unpaired) electrons. The molecule has 0 aliphatic heterocycles. The summed E-state index contributed by atoms with van der Waals surface area (Å²) in [6.07, 6.45) is -4.47. The molecule has 0 saturated heterocycles. The lowest BCUT2D eigenvalue weighted by Crippen LogP contribution is -2.19. The Morgan fingerprint density at radius 2 is 1.84 bits per heavy atom. The van der Waals surface area contributed by atoms with Crippen molar-refractivity contribution in [2.75, 3.05) is 11.9 Å². The van der Waals surface area contributed by atoms with Gasteiger partial charge in [-0.3, -0.25) is 4.79 Å². The maximum Gasteiger partial charge on any atom is 0.416 e. The smallest absolute Gasteiger partial charge is 0.416 e. The van der Waals surface area contributed by atoms with Gasteiger partial charge >= 0.3 is 12.1 Å². The number of carbonyl (C=O) groups is 2.